The highest BCUT2D eigenvalue weighted by Crippen LogP contribution is 2.23. The van der Waals surface area contributed by atoms with Crippen molar-refractivity contribution in [2.24, 2.45) is 0 Å². The van der Waals surface area contributed by atoms with Crippen molar-refractivity contribution >= 4 is 6.29 Å². The Balaban J connectivity index is 1.74. The van der Waals surface area contributed by atoms with Gasteiger partial charge in [-0.05, 0) is 41.8 Å². The number of hydrogen-bond acceptors (Lipinski definition) is 3. The Labute approximate surface area is 135 Å². The van der Waals surface area contributed by atoms with Crippen LogP contribution in [0.2, 0.25) is 0 Å². The average molecular weight is 303 g/mol. The topological polar surface area (TPSA) is 39.2 Å². The van der Waals surface area contributed by atoms with Crippen LogP contribution in [0.15, 0.2) is 66.9 Å². The largest absolute Gasteiger partial charge is 0.473 e. The van der Waals surface area contributed by atoms with E-state index in [9.17, 15) is 4.79 Å². The SMILES string of the molecule is Cc1cc(C=O)cc(-c2ccc(OCc3ccccc3)nc2)c1. The van der Waals surface area contributed by atoms with Crippen LogP contribution in [0.5, 0.6) is 5.88 Å². The zero-order valence-corrected chi connectivity index (χ0v) is 12.9. The highest BCUT2D eigenvalue weighted by molar-refractivity contribution is 5.79. The maximum atomic E-state index is 11.0. The first kappa shape index (κ1) is 15.0. The van der Waals surface area contributed by atoms with Crippen LogP contribution in [-0.2, 0) is 6.61 Å². The van der Waals surface area contributed by atoms with Crippen molar-refractivity contribution in [2.75, 3.05) is 0 Å². The van der Waals surface area contributed by atoms with E-state index in [1.54, 1.807) is 6.20 Å². The third-order valence-corrected chi connectivity index (χ3v) is 3.53. The second-order valence-electron chi connectivity index (χ2n) is 5.41. The van der Waals surface area contributed by atoms with Crippen LogP contribution in [0, 0.1) is 6.92 Å². The number of aryl methyl sites for hydroxylation is 1. The molecule has 0 radical (unpaired) electrons. The van der Waals surface area contributed by atoms with Gasteiger partial charge in [0.1, 0.15) is 12.9 Å². The van der Waals surface area contributed by atoms with Gasteiger partial charge in [-0.3, -0.25) is 4.79 Å². The highest BCUT2D eigenvalue weighted by atomic mass is 16.5. The molecule has 1 aromatic heterocycles. The normalized spacial score (nSPS) is 10.3. The van der Waals surface area contributed by atoms with Crippen molar-refractivity contribution in [1.82, 2.24) is 4.98 Å². The molecule has 0 aliphatic rings. The van der Waals surface area contributed by atoms with Crippen molar-refractivity contribution in [3.63, 3.8) is 0 Å². The van der Waals surface area contributed by atoms with Gasteiger partial charge in [-0.2, -0.15) is 0 Å². The first-order valence-electron chi connectivity index (χ1n) is 7.44. The van der Waals surface area contributed by atoms with Crippen LogP contribution in [0.4, 0.5) is 0 Å². The van der Waals surface area contributed by atoms with E-state index in [0.29, 0.717) is 18.1 Å². The Morgan fingerprint density at radius 2 is 1.83 bits per heavy atom. The summed E-state index contributed by atoms with van der Waals surface area (Å²) in [5.41, 5.74) is 4.77. The summed E-state index contributed by atoms with van der Waals surface area (Å²) in [6.45, 7) is 2.47. The zero-order valence-electron chi connectivity index (χ0n) is 12.9. The van der Waals surface area contributed by atoms with Crippen molar-refractivity contribution in [3.05, 3.63) is 83.6 Å². The molecule has 114 valence electrons. The van der Waals surface area contributed by atoms with Gasteiger partial charge in [0.15, 0.2) is 0 Å². The van der Waals surface area contributed by atoms with E-state index >= 15 is 0 Å². The molecule has 0 N–H and O–H groups in total. The van der Waals surface area contributed by atoms with Gasteiger partial charge in [-0.25, -0.2) is 4.98 Å². The summed E-state index contributed by atoms with van der Waals surface area (Å²) in [5.74, 6) is 0.584. The molecule has 0 aliphatic carbocycles. The third kappa shape index (κ3) is 3.83. The Morgan fingerprint density at radius 3 is 2.52 bits per heavy atom. The third-order valence-electron chi connectivity index (χ3n) is 3.53. The molecule has 0 aliphatic heterocycles. The number of nitrogens with zero attached hydrogens (tertiary/aromatic N) is 1. The number of pyridine rings is 1. The second-order valence-corrected chi connectivity index (χ2v) is 5.41. The standard InChI is InChI=1S/C20H17NO2/c1-15-9-17(13-22)11-19(10-15)18-7-8-20(21-12-18)23-14-16-5-3-2-4-6-16/h2-13H,14H2,1H3. The number of hydrogen-bond donors (Lipinski definition) is 0. The quantitative estimate of drug-likeness (QED) is 0.654. The van der Waals surface area contributed by atoms with Gasteiger partial charge in [0.2, 0.25) is 5.88 Å². The molecular formula is C20H17NO2. The fraction of sp³-hybridized carbons (Fsp3) is 0.100. The summed E-state index contributed by atoms with van der Waals surface area (Å²) in [5, 5.41) is 0. The Bertz CT molecular complexity index is 796. The summed E-state index contributed by atoms with van der Waals surface area (Å²) in [4.78, 5) is 15.3. The number of rotatable bonds is 5. The molecular weight excluding hydrogens is 286 g/mol. The maximum absolute atomic E-state index is 11.0. The number of aromatic nitrogens is 1. The molecule has 0 fully saturated rings. The van der Waals surface area contributed by atoms with Crippen molar-refractivity contribution in [1.29, 1.82) is 0 Å². The maximum Gasteiger partial charge on any atom is 0.213 e. The van der Waals surface area contributed by atoms with E-state index in [2.05, 4.69) is 4.98 Å². The molecule has 3 aromatic rings. The minimum Gasteiger partial charge on any atom is -0.473 e. The zero-order chi connectivity index (χ0) is 16.1. The average Bonchev–Trinajstić information content (AvgIpc) is 2.60. The van der Waals surface area contributed by atoms with Gasteiger partial charge < -0.3 is 4.74 Å². The lowest BCUT2D eigenvalue weighted by atomic mass is 10.0. The van der Waals surface area contributed by atoms with Gasteiger partial charge in [-0.15, -0.1) is 0 Å². The molecule has 1 heterocycles. The summed E-state index contributed by atoms with van der Waals surface area (Å²) in [6.07, 6.45) is 2.63. The van der Waals surface area contributed by atoms with E-state index in [0.717, 1.165) is 28.5 Å². The van der Waals surface area contributed by atoms with E-state index < -0.39 is 0 Å². The van der Waals surface area contributed by atoms with Crippen LogP contribution < -0.4 is 4.74 Å². The minimum absolute atomic E-state index is 0.493. The molecule has 0 spiro atoms. The van der Waals surface area contributed by atoms with Crippen LogP contribution >= 0.6 is 0 Å². The molecule has 0 amide bonds. The number of benzene rings is 2. The number of aldehydes is 1. The highest BCUT2D eigenvalue weighted by Gasteiger charge is 2.03. The number of ether oxygens (including phenoxy) is 1. The van der Waals surface area contributed by atoms with Crippen molar-refractivity contribution < 1.29 is 9.53 Å². The summed E-state index contributed by atoms with van der Waals surface area (Å²) in [6, 6.07) is 19.5. The van der Waals surface area contributed by atoms with Gasteiger partial charge in [0.25, 0.3) is 0 Å². The van der Waals surface area contributed by atoms with Gasteiger partial charge >= 0.3 is 0 Å². The summed E-state index contributed by atoms with van der Waals surface area (Å²) < 4.78 is 5.68. The van der Waals surface area contributed by atoms with Crippen LogP contribution in [0.1, 0.15) is 21.5 Å². The van der Waals surface area contributed by atoms with Crippen molar-refractivity contribution in [2.45, 2.75) is 13.5 Å². The summed E-state index contributed by atoms with van der Waals surface area (Å²) >= 11 is 0. The Hall–Kier alpha value is -2.94. The van der Waals surface area contributed by atoms with E-state index in [1.807, 2.05) is 67.6 Å². The predicted molar refractivity (Wildman–Crippen MR) is 90.6 cm³/mol. The molecule has 0 saturated heterocycles. The van der Waals surface area contributed by atoms with Gasteiger partial charge in [0, 0.05) is 23.4 Å². The number of carbonyl (C=O) groups is 1. The molecule has 23 heavy (non-hydrogen) atoms. The van der Waals surface area contributed by atoms with E-state index in [1.165, 1.54) is 0 Å². The smallest absolute Gasteiger partial charge is 0.213 e. The molecule has 3 heteroatoms. The molecule has 0 bridgehead atoms. The van der Waals surface area contributed by atoms with E-state index in [4.69, 9.17) is 4.74 Å². The fourth-order valence-electron chi connectivity index (χ4n) is 2.42. The van der Waals surface area contributed by atoms with Crippen LogP contribution in [0.3, 0.4) is 0 Å². The summed E-state index contributed by atoms with van der Waals surface area (Å²) in [7, 11) is 0. The minimum atomic E-state index is 0.493. The molecule has 3 rings (SSSR count). The number of carbonyl (C=O) groups excluding carboxylic acids is 1. The first-order chi connectivity index (χ1) is 11.2. The van der Waals surface area contributed by atoms with Gasteiger partial charge in [0.05, 0.1) is 0 Å². The van der Waals surface area contributed by atoms with Gasteiger partial charge in [-0.1, -0.05) is 36.4 Å². The second kappa shape index (κ2) is 6.88. The van der Waals surface area contributed by atoms with E-state index in [-0.39, 0.29) is 0 Å². The molecule has 0 unspecified atom stereocenters. The molecule has 2 aromatic carbocycles. The molecule has 0 saturated carbocycles. The Morgan fingerprint density at radius 1 is 1.00 bits per heavy atom. The predicted octanol–water partition coefficient (Wildman–Crippen LogP) is 4.45. The lowest BCUT2D eigenvalue weighted by Crippen LogP contribution is -1.96. The first-order valence-corrected chi connectivity index (χ1v) is 7.44. The lowest BCUT2D eigenvalue weighted by Gasteiger charge is -2.07. The Kier molecular flexibility index (Phi) is 4.48. The van der Waals surface area contributed by atoms with Crippen LogP contribution in [0.25, 0.3) is 11.1 Å². The molecule has 3 nitrogen and oxygen atoms in total. The monoisotopic (exact) mass is 303 g/mol. The lowest BCUT2D eigenvalue weighted by molar-refractivity contribution is 0.112. The molecule has 0 atom stereocenters. The van der Waals surface area contributed by atoms with Crippen molar-refractivity contribution in [3.8, 4) is 17.0 Å². The fourth-order valence-corrected chi connectivity index (χ4v) is 2.42. The van der Waals surface area contributed by atoms with Crippen LogP contribution in [-0.4, -0.2) is 11.3 Å².